The highest BCUT2D eigenvalue weighted by molar-refractivity contribution is 7.89. The SMILES string of the molecule is CC(NC(=O)CCCN)c1ccc(S(N)(=O)=O)cc1. The van der Waals surface area contributed by atoms with Gasteiger partial charge < -0.3 is 11.1 Å². The monoisotopic (exact) mass is 285 g/mol. The van der Waals surface area contributed by atoms with Crippen molar-refractivity contribution in [3.63, 3.8) is 0 Å². The number of rotatable bonds is 6. The lowest BCUT2D eigenvalue weighted by Gasteiger charge is -2.14. The van der Waals surface area contributed by atoms with Crippen molar-refractivity contribution in [1.29, 1.82) is 0 Å². The van der Waals surface area contributed by atoms with E-state index in [0.29, 0.717) is 19.4 Å². The van der Waals surface area contributed by atoms with Gasteiger partial charge in [0.05, 0.1) is 10.9 Å². The summed E-state index contributed by atoms with van der Waals surface area (Å²) in [6, 6.07) is 5.92. The number of primary sulfonamides is 1. The van der Waals surface area contributed by atoms with Crippen LogP contribution in [0.1, 0.15) is 31.4 Å². The average Bonchev–Trinajstić information content (AvgIpc) is 2.35. The van der Waals surface area contributed by atoms with Gasteiger partial charge in [-0.3, -0.25) is 4.79 Å². The van der Waals surface area contributed by atoms with Crippen molar-refractivity contribution in [2.75, 3.05) is 6.54 Å². The van der Waals surface area contributed by atoms with Crippen molar-refractivity contribution in [3.05, 3.63) is 29.8 Å². The van der Waals surface area contributed by atoms with Crippen LogP contribution in [-0.4, -0.2) is 20.9 Å². The number of benzene rings is 1. The summed E-state index contributed by atoms with van der Waals surface area (Å²) in [4.78, 5) is 11.6. The van der Waals surface area contributed by atoms with E-state index < -0.39 is 10.0 Å². The maximum Gasteiger partial charge on any atom is 0.238 e. The van der Waals surface area contributed by atoms with Crippen molar-refractivity contribution in [2.45, 2.75) is 30.7 Å². The standard InChI is InChI=1S/C12H19N3O3S/c1-9(15-12(16)3-2-8-13)10-4-6-11(7-5-10)19(14,17)18/h4-7,9H,2-3,8,13H2,1H3,(H,15,16)(H2,14,17,18). The van der Waals surface area contributed by atoms with Crippen LogP contribution in [0.25, 0.3) is 0 Å². The van der Waals surface area contributed by atoms with E-state index >= 15 is 0 Å². The molecule has 0 radical (unpaired) electrons. The number of nitrogens with two attached hydrogens (primary N) is 2. The lowest BCUT2D eigenvalue weighted by atomic mass is 10.1. The van der Waals surface area contributed by atoms with Crippen molar-refractivity contribution >= 4 is 15.9 Å². The molecule has 0 aliphatic heterocycles. The number of sulfonamides is 1. The first-order valence-corrected chi connectivity index (χ1v) is 7.51. The van der Waals surface area contributed by atoms with Crippen LogP contribution < -0.4 is 16.2 Å². The van der Waals surface area contributed by atoms with Crippen molar-refractivity contribution < 1.29 is 13.2 Å². The van der Waals surface area contributed by atoms with E-state index in [9.17, 15) is 13.2 Å². The lowest BCUT2D eigenvalue weighted by molar-refractivity contribution is -0.121. The predicted octanol–water partition coefficient (Wildman–Crippen LogP) is 0.250. The number of hydrogen-bond acceptors (Lipinski definition) is 4. The third kappa shape index (κ3) is 4.98. The summed E-state index contributed by atoms with van der Waals surface area (Å²) >= 11 is 0. The van der Waals surface area contributed by atoms with Gasteiger partial charge in [0.1, 0.15) is 0 Å². The second-order valence-corrected chi connectivity index (χ2v) is 5.86. The van der Waals surface area contributed by atoms with Crippen LogP contribution in [0.2, 0.25) is 0 Å². The molecule has 0 bridgehead atoms. The molecular weight excluding hydrogens is 266 g/mol. The van der Waals surface area contributed by atoms with Crippen molar-refractivity contribution in [3.8, 4) is 0 Å². The lowest BCUT2D eigenvalue weighted by Crippen LogP contribution is -2.27. The Balaban J connectivity index is 2.68. The molecule has 5 N–H and O–H groups in total. The molecular formula is C12H19N3O3S. The van der Waals surface area contributed by atoms with Gasteiger partial charge in [-0.05, 0) is 37.6 Å². The van der Waals surface area contributed by atoms with E-state index in [4.69, 9.17) is 10.9 Å². The molecule has 0 spiro atoms. The van der Waals surface area contributed by atoms with Crippen LogP contribution in [0, 0.1) is 0 Å². The number of hydrogen-bond donors (Lipinski definition) is 3. The first kappa shape index (κ1) is 15.6. The minimum absolute atomic E-state index is 0.0536. The Labute approximate surface area is 113 Å². The van der Waals surface area contributed by atoms with Crippen molar-refractivity contribution in [2.24, 2.45) is 10.9 Å². The zero-order valence-electron chi connectivity index (χ0n) is 10.8. The number of nitrogens with one attached hydrogen (secondary N) is 1. The summed E-state index contributed by atoms with van der Waals surface area (Å²) < 4.78 is 22.2. The second-order valence-electron chi connectivity index (χ2n) is 4.30. The molecule has 106 valence electrons. The van der Waals surface area contributed by atoms with Gasteiger partial charge in [-0.1, -0.05) is 12.1 Å². The summed E-state index contributed by atoms with van der Waals surface area (Å²) in [5, 5.41) is 7.82. The van der Waals surface area contributed by atoms with Gasteiger partial charge in [-0.25, -0.2) is 13.6 Å². The van der Waals surface area contributed by atoms with Crippen LogP contribution >= 0.6 is 0 Å². The Bertz CT molecular complexity index is 526. The number of amides is 1. The van der Waals surface area contributed by atoms with Gasteiger partial charge in [0.25, 0.3) is 0 Å². The first-order valence-electron chi connectivity index (χ1n) is 5.97. The molecule has 0 aromatic heterocycles. The van der Waals surface area contributed by atoms with Crippen LogP contribution in [-0.2, 0) is 14.8 Å². The van der Waals surface area contributed by atoms with Gasteiger partial charge in [0.15, 0.2) is 0 Å². The van der Waals surface area contributed by atoms with Gasteiger partial charge in [0, 0.05) is 6.42 Å². The van der Waals surface area contributed by atoms with Gasteiger partial charge in [-0.15, -0.1) is 0 Å². The Kier molecular flexibility index (Phi) is 5.46. The van der Waals surface area contributed by atoms with E-state index in [1.807, 2.05) is 6.92 Å². The molecule has 1 aromatic rings. The van der Waals surface area contributed by atoms with E-state index in [1.54, 1.807) is 12.1 Å². The minimum atomic E-state index is -3.68. The van der Waals surface area contributed by atoms with Gasteiger partial charge >= 0.3 is 0 Å². The smallest absolute Gasteiger partial charge is 0.238 e. The molecule has 1 amide bonds. The summed E-state index contributed by atoms with van der Waals surface area (Å²) in [7, 11) is -3.68. The highest BCUT2D eigenvalue weighted by atomic mass is 32.2. The second kappa shape index (κ2) is 6.65. The van der Waals surface area contributed by atoms with Crippen LogP contribution in [0.3, 0.4) is 0 Å². The third-order valence-electron chi connectivity index (χ3n) is 2.69. The van der Waals surface area contributed by atoms with Gasteiger partial charge in [-0.2, -0.15) is 0 Å². The van der Waals surface area contributed by atoms with Crippen LogP contribution in [0.5, 0.6) is 0 Å². The minimum Gasteiger partial charge on any atom is -0.350 e. The van der Waals surface area contributed by atoms with Crippen LogP contribution in [0.4, 0.5) is 0 Å². The molecule has 7 heteroatoms. The van der Waals surface area contributed by atoms with E-state index in [2.05, 4.69) is 5.32 Å². The molecule has 0 heterocycles. The van der Waals surface area contributed by atoms with Crippen molar-refractivity contribution in [1.82, 2.24) is 5.32 Å². The van der Waals surface area contributed by atoms with Crippen LogP contribution in [0.15, 0.2) is 29.2 Å². The maximum atomic E-state index is 11.5. The molecule has 1 rings (SSSR count). The fourth-order valence-corrected chi connectivity index (χ4v) is 2.12. The average molecular weight is 285 g/mol. The molecule has 0 fully saturated rings. The quantitative estimate of drug-likeness (QED) is 0.694. The Hall–Kier alpha value is -1.44. The highest BCUT2D eigenvalue weighted by Crippen LogP contribution is 2.15. The zero-order chi connectivity index (χ0) is 14.5. The fraction of sp³-hybridized carbons (Fsp3) is 0.417. The molecule has 1 aromatic carbocycles. The molecule has 1 atom stereocenters. The summed E-state index contributed by atoms with van der Waals surface area (Å²) in [5.41, 5.74) is 6.14. The van der Waals surface area contributed by atoms with E-state index in [0.717, 1.165) is 5.56 Å². The molecule has 0 aliphatic rings. The summed E-state index contributed by atoms with van der Waals surface area (Å²) in [6.45, 7) is 2.30. The summed E-state index contributed by atoms with van der Waals surface area (Å²) in [6.07, 6.45) is 1.03. The highest BCUT2D eigenvalue weighted by Gasteiger charge is 2.11. The maximum absolute atomic E-state index is 11.5. The molecule has 19 heavy (non-hydrogen) atoms. The van der Waals surface area contributed by atoms with E-state index in [1.165, 1.54) is 12.1 Å². The molecule has 0 saturated carbocycles. The Morgan fingerprint density at radius 1 is 1.32 bits per heavy atom. The number of carbonyl (C=O) groups is 1. The predicted molar refractivity (Wildman–Crippen MR) is 72.7 cm³/mol. The zero-order valence-corrected chi connectivity index (χ0v) is 11.6. The normalized spacial score (nSPS) is 13.0. The Morgan fingerprint density at radius 3 is 2.37 bits per heavy atom. The topological polar surface area (TPSA) is 115 Å². The Morgan fingerprint density at radius 2 is 1.89 bits per heavy atom. The number of carbonyl (C=O) groups excluding carboxylic acids is 1. The molecule has 0 aliphatic carbocycles. The van der Waals surface area contributed by atoms with Gasteiger partial charge in [0.2, 0.25) is 15.9 Å². The van der Waals surface area contributed by atoms with E-state index in [-0.39, 0.29) is 16.8 Å². The molecule has 6 nitrogen and oxygen atoms in total. The first-order chi connectivity index (χ1) is 8.84. The largest absolute Gasteiger partial charge is 0.350 e. The molecule has 1 unspecified atom stereocenters. The summed E-state index contributed by atoms with van der Waals surface area (Å²) in [5.74, 6) is -0.0755. The fourth-order valence-electron chi connectivity index (χ4n) is 1.61. The third-order valence-corrected chi connectivity index (χ3v) is 3.62. The molecule has 0 saturated heterocycles.